The normalized spacial score (nSPS) is 10.4. The highest BCUT2D eigenvalue weighted by atomic mass is 35.5. The van der Waals surface area contributed by atoms with Crippen molar-refractivity contribution in [2.75, 3.05) is 5.32 Å². The molecule has 1 N–H and O–H groups in total. The lowest BCUT2D eigenvalue weighted by atomic mass is 10.3. The van der Waals surface area contributed by atoms with Crippen LogP contribution < -0.4 is 5.32 Å². The third kappa shape index (κ3) is 3.50. The van der Waals surface area contributed by atoms with Crippen LogP contribution in [0.2, 0.25) is 10.0 Å². The Balaban J connectivity index is 2.13. The topological polar surface area (TPSA) is 90.1 Å². The second-order valence-corrected chi connectivity index (χ2v) is 5.00. The van der Waals surface area contributed by atoms with E-state index in [1.165, 1.54) is 10.6 Å². The molecule has 0 aliphatic heterocycles. The number of rotatable bonds is 4. The highest BCUT2D eigenvalue weighted by molar-refractivity contribution is 6.42. The Bertz CT molecular complexity index is 715. The van der Waals surface area contributed by atoms with Crippen LogP contribution in [0.3, 0.4) is 0 Å². The summed E-state index contributed by atoms with van der Waals surface area (Å²) in [6.07, 6.45) is 1.11. The summed E-state index contributed by atoms with van der Waals surface area (Å²) >= 11 is 11.6. The lowest BCUT2D eigenvalue weighted by molar-refractivity contribution is -0.392. The Labute approximate surface area is 129 Å². The third-order valence-corrected chi connectivity index (χ3v) is 3.47. The van der Waals surface area contributed by atoms with Crippen LogP contribution in [0.5, 0.6) is 0 Å². The summed E-state index contributed by atoms with van der Waals surface area (Å²) in [4.78, 5) is 26.0. The molecule has 0 unspecified atom stereocenters. The molecule has 0 bridgehead atoms. The van der Waals surface area contributed by atoms with Crippen molar-refractivity contribution in [3.63, 3.8) is 0 Å². The molecule has 21 heavy (non-hydrogen) atoms. The van der Waals surface area contributed by atoms with E-state index < -0.39 is 10.8 Å². The fourth-order valence-corrected chi connectivity index (χ4v) is 2.01. The minimum absolute atomic E-state index is 0.220. The second-order valence-electron chi connectivity index (χ2n) is 4.18. The number of hydrogen-bond acceptors (Lipinski definition) is 4. The van der Waals surface area contributed by atoms with Gasteiger partial charge in [0, 0.05) is 12.6 Å². The zero-order valence-corrected chi connectivity index (χ0v) is 12.4. The van der Waals surface area contributed by atoms with Crippen molar-refractivity contribution in [3.8, 4) is 0 Å². The van der Waals surface area contributed by atoms with Gasteiger partial charge in [-0.1, -0.05) is 23.2 Å². The molecule has 0 aliphatic rings. The molecule has 1 aromatic heterocycles. The molecule has 0 aliphatic carbocycles. The number of carbonyl (C=O) groups is 1. The predicted molar refractivity (Wildman–Crippen MR) is 78.7 cm³/mol. The SMILES string of the molecule is Cc1ncc([N+](=O)[O-])n1CC(=O)Nc1ccc(Cl)c(Cl)c1. The van der Waals surface area contributed by atoms with Crippen LogP contribution in [0.1, 0.15) is 5.82 Å². The molecule has 2 aromatic rings. The predicted octanol–water partition coefficient (Wildman–Crippen LogP) is 3.05. The maximum absolute atomic E-state index is 11.9. The van der Waals surface area contributed by atoms with Crippen molar-refractivity contribution in [3.05, 3.63) is 50.4 Å². The fourth-order valence-electron chi connectivity index (χ4n) is 1.72. The van der Waals surface area contributed by atoms with Gasteiger partial charge >= 0.3 is 5.82 Å². The molecule has 0 fully saturated rings. The molecule has 110 valence electrons. The summed E-state index contributed by atoms with van der Waals surface area (Å²) in [6.45, 7) is 1.36. The first-order valence-electron chi connectivity index (χ1n) is 5.80. The summed E-state index contributed by atoms with van der Waals surface area (Å²) in [5, 5.41) is 14.1. The van der Waals surface area contributed by atoms with Crippen molar-refractivity contribution in [2.45, 2.75) is 13.5 Å². The second kappa shape index (κ2) is 6.11. The molecule has 0 saturated carbocycles. The Morgan fingerprint density at radius 1 is 1.43 bits per heavy atom. The van der Waals surface area contributed by atoms with Gasteiger partial charge < -0.3 is 15.4 Å². The van der Waals surface area contributed by atoms with E-state index >= 15 is 0 Å². The molecule has 0 saturated heterocycles. The van der Waals surface area contributed by atoms with Gasteiger partial charge in [-0.2, -0.15) is 0 Å². The molecule has 2 rings (SSSR count). The smallest absolute Gasteiger partial charge is 0.343 e. The molecule has 7 nitrogen and oxygen atoms in total. The Morgan fingerprint density at radius 2 is 2.14 bits per heavy atom. The fraction of sp³-hybridized carbons (Fsp3) is 0.167. The van der Waals surface area contributed by atoms with Gasteiger partial charge in [-0.25, -0.2) is 9.55 Å². The summed E-state index contributed by atoms with van der Waals surface area (Å²) in [5.74, 6) is -0.291. The van der Waals surface area contributed by atoms with Crippen LogP contribution in [0.15, 0.2) is 24.4 Å². The minimum atomic E-state index is -0.591. The Hall–Kier alpha value is -2.12. The van der Waals surface area contributed by atoms with Crippen molar-refractivity contribution >= 4 is 40.6 Å². The van der Waals surface area contributed by atoms with Crippen LogP contribution in [0.4, 0.5) is 11.5 Å². The van der Waals surface area contributed by atoms with Gasteiger partial charge in [0.25, 0.3) is 5.91 Å². The van der Waals surface area contributed by atoms with Crippen LogP contribution in [-0.2, 0) is 11.3 Å². The zero-order chi connectivity index (χ0) is 15.6. The third-order valence-electron chi connectivity index (χ3n) is 2.73. The van der Waals surface area contributed by atoms with Gasteiger partial charge in [0.2, 0.25) is 0 Å². The van der Waals surface area contributed by atoms with Gasteiger partial charge in [0.15, 0.2) is 12.4 Å². The van der Waals surface area contributed by atoms with Crippen LogP contribution in [0, 0.1) is 17.0 Å². The van der Waals surface area contributed by atoms with Gasteiger partial charge in [0.05, 0.1) is 10.0 Å². The van der Waals surface area contributed by atoms with Gasteiger partial charge in [-0.15, -0.1) is 0 Å². The number of nitrogens with zero attached hydrogens (tertiary/aromatic N) is 3. The Kier molecular flexibility index (Phi) is 4.44. The number of nitrogens with one attached hydrogen (secondary N) is 1. The van der Waals surface area contributed by atoms with Crippen molar-refractivity contribution < 1.29 is 9.72 Å². The van der Waals surface area contributed by atoms with E-state index in [1.54, 1.807) is 19.1 Å². The zero-order valence-electron chi connectivity index (χ0n) is 10.8. The first-order valence-corrected chi connectivity index (χ1v) is 6.55. The highest BCUT2D eigenvalue weighted by Crippen LogP contribution is 2.25. The van der Waals surface area contributed by atoms with E-state index in [-0.39, 0.29) is 12.4 Å². The molecule has 1 amide bonds. The lowest BCUT2D eigenvalue weighted by Crippen LogP contribution is -2.20. The quantitative estimate of drug-likeness (QED) is 0.689. The average Bonchev–Trinajstić information content (AvgIpc) is 2.76. The van der Waals surface area contributed by atoms with Crippen molar-refractivity contribution in [1.29, 1.82) is 0 Å². The van der Waals surface area contributed by atoms with E-state index in [0.717, 1.165) is 6.20 Å². The number of halogens is 2. The summed E-state index contributed by atoms with van der Waals surface area (Å²) in [5.41, 5.74) is 0.454. The molecule has 0 atom stereocenters. The van der Waals surface area contributed by atoms with E-state index in [1.807, 2.05) is 0 Å². The number of imidazole rings is 1. The number of carbonyl (C=O) groups excluding carboxylic acids is 1. The largest absolute Gasteiger partial charge is 0.358 e. The van der Waals surface area contributed by atoms with E-state index in [2.05, 4.69) is 10.3 Å². The van der Waals surface area contributed by atoms with E-state index in [9.17, 15) is 14.9 Å². The van der Waals surface area contributed by atoms with Gasteiger partial charge in [-0.05, 0) is 23.1 Å². The van der Waals surface area contributed by atoms with E-state index in [0.29, 0.717) is 21.6 Å². The van der Waals surface area contributed by atoms with Crippen LogP contribution in [0.25, 0.3) is 0 Å². The van der Waals surface area contributed by atoms with Crippen LogP contribution in [-0.4, -0.2) is 20.4 Å². The molecule has 0 radical (unpaired) electrons. The Morgan fingerprint density at radius 3 is 2.76 bits per heavy atom. The molecular formula is C12H10Cl2N4O3. The molecule has 1 heterocycles. The molecule has 1 aromatic carbocycles. The number of aromatic nitrogens is 2. The van der Waals surface area contributed by atoms with Crippen LogP contribution >= 0.6 is 23.2 Å². The van der Waals surface area contributed by atoms with Crippen molar-refractivity contribution in [1.82, 2.24) is 9.55 Å². The average molecular weight is 329 g/mol. The van der Waals surface area contributed by atoms with Crippen molar-refractivity contribution in [2.24, 2.45) is 0 Å². The maximum Gasteiger partial charge on any atom is 0.343 e. The first kappa shape index (κ1) is 15.3. The summed E-state index contributed by atoms with van der Waals surface area (Å²) in [7, 11) is 0. The molecule has 0 spiro atoms. The number of hydrogen-bond donors (Lipinski definition) is 1. The number of anilines is 1. The number of nitro groups is 1. The maximum atomic E-state index is 11.9. The standard InChI is InChI=1S/C12H10Cl2N4O3/c1-7-15-5-12(18(20)21)17(7)6-11(19)16-8-2-3-9(13)10(14)4-8/h2-5H,6H2,1H3,(H,16,19). The number of benzene rings is 1. The number of aryl methyl sites for hydroxylation is 1. The van der Waals surface area contributed by atoms with E-state index in [4.69, 9.17) is 23.2 Å². The monoisotopic (exact) mass is 328 g/mol. The van der Waals surface area contributed by atoms with Gasteiger partial charge in [0.1, 0.15) is 6.20 Å². The lowest BCUT2D eigenvalue weighted by Gasteiger charge is -2.06. The molecule has 9 heteroatoms. The van der Waals surface area contributed by atoms with Gasteiger partial charge in [-0.3, -0.25) is 4.79 Å². The molecular weight excluding hydrogens is 319 g/mol. The highest BCUT2D eigenvalue weighted by Gasteiger charge is 2.20. The minimum Gasteiger partial charge on any atom is -0.358 e. The first-order chi connectivity index (χ1) is 9.88. The number of amides is 1. The summed E-state index contributed by atoms with van der Waals surface area (Å²) in [6, 6.07) is 4.63. The summed E-state index contributed by atoms with van der Waals surface area (Å²) < 4.78 is 1.22.